The highest BCUT2D eigenvalue weighted by Crippen LogP contribution is 2.44. The number of carbonyl (C=O) groups is 1. The molecule has 0 unspecified atom stereocenters. The van der Waals surface area contributed by atoms with Gasteiger partial charge in [0.1, 0.15) is 11.5 Å². The number of pyridine rings is 1. The molecule has 2 fully saturated rings. The van der Waals surface area contributed by atoms with Crippen molar-refractivity contribution in [3.63, 3.8) is 0 Å². The smallest absolute Gasteiger partial charge is 0.272 e. The Balaban J connectivity index is 1.54. The van der Waals surface area contributed by atoms with Crippen LogP contribution in [0.25, 0.3) is 0 Å². The van der Waals surface area contributed by atoms with Crippen molar-refractivity contribution >= 4 is 11.6 Å². The summed E-state index contributed by atoms with van der Waals surface area (Å²) in [5.41, 5.74) is 2.43. The molecule has 27 heavy (non-hydrogen) atoms. The third-order valence-electron chi connectivity index (χ3n) is 5.94. The molecule has 0 bridgehead atoms. The van der Waals surface area contributed by atoms with E-state index in [0.717, 1.165) is 30.6 Å². The van der Waals surface area contributed by atoms with Crippen LogP contribution in [-0.2, 0) is 0 Å². The van der Waals surface area contributed by atoms with Crippen LogP contribution in [0.15, 0.2) is 42.6 Å². The molecule has 2 atom stereocenters. The van der Waals surface area contributed by atoms with Crippen LogP contribution in [0.1, 0.15) is 42.7 Å². The maximum absolute atomic E-state index is 13.8. The summed E-state index contributed by atoms with van der Waals surface area (Å²) in [6, 6.07) is 10.9. The Morgan fingerprint density at radius 3 is 2.78 bits per heavy atom. The van der Waals surface area contributed by atoms with Gasteiger partial charge in [-0.2, -0.15) is 0 Å². The van der Waals surface area contributed by atoms with Gasteiger partial charge in [-0.05, 0) is 69.4 Å². The molecule has 2 aromatic rings. The van der Waals surface area contributed by atoms with E-state index in [0.29, 0.717) is 24.2 Å². The number of likely N-dealkylation sites (tertiary alicyclic amines) is 1. The van der Waals surface area contributed by atoms with Crippen molar-refractivity contribution in [1.29, 1.82) is 0 Å². The Hall–Kier alpha value is -2.43. The zero-order valence-electron chi connectivity index (χ0n) is 16.2. The van der Waals surface area contributed by atoms with Crippen molar-refractivity contribution in [3.8, 4) is 0 Å². The molecule has 4 rings (SSSR count). The van der Waals surface area contributed by atoms with E-state index in [2.05, 4.69) is 23.7 Å². The number of nitrogens with zero attached hydrogens (tertiary/aromatic N) is 3. The number of piperidine rings is 1. The summed E-state index contributed by atoms with van der Waals surface area (Å²) in [5.74, 6) is 0.187. The average Bonchev–Trinajstić information content (AvgIpc) is 2.90. The minimum absolute atomic E-state index is 0.00969. The lowest BCUT2D eigenvalue weighted by Crippen LogP contribution is -2.50. The fourth-order valence-electron chi connectivity index (χ4n) is 4.86. The second-order valence-electron chi connectivity index (χ2n) is 8.45. The van der Waals surface area contributed by atoms with Gasteiger partial charge < -0.3 is 9.80 Å². The molecule has 0 spiro atoms. The van der Waals surface area contributed by atoms with Crippen LogP contribution in [0.3, 0.4) is 0 Å². The van der Waals surface area contributed by atoms with Gasteiger partial charge in [-0.25, -0.2) is 4.39 Å². The quantitative estimate of drug-likeness (QED) is 0.803. The topological polar surface area (TPSA) is 36.4 Å². The van der Waals surface area contributed by atoms with E-state index in [1.165, 1.54) is 6.07 Å². The first-order valence-corrected chi connectivity index (χ1v) is 9.62. The Morgan fingerprint density at radius 1 is 1.26 bits per heavy atom. The van der Waals surface area contributed by atoms with Crippen LogP contribution in [-0.4, -0.2) is 40.5 Å². The number of hydrogen-bond acceptors (Lipinski definition) is 3. The number of aromatic nitrogens is 1. The Bertz CT molecular complexity index is 849. The molecule has 5 heteroatoms. The minimum atomic E-state index is -0.204. The molecule has 2 aliphatic heterocycles. The SMILES string of the molecule is Cc1ccc(C(=O)N2CC[C@H]3[C@@H](C2)CC(C)(C)N3c2cccc(F)c2)nc1. The first-order chi connectivity index (χ1) is 12.8. The van der Waals surface area contributed by atoms with Crippen LogP contribution in [0.2, 0.25) is 0 Å². The highest BCUT2D eigenvalue weighted by atomic mass is 19.1. The highest BCUT2D eigenvalue weighted by Gasteiger charge is 2.48. The predicted molar refractivity (Wildman–Crippen MR) is 104 cm³/mol. The second kappa shape index (κ2) is 6.63. The number of benzene rings is 1. The molecular formula is C22H26FN3O. The van der Waals surface area contributed by atoms with Gasteiger partial charge in [0, 0.05) is 36.6 Å². The Kier molecular flexibility index (Phi) is 4.41. The van der Waals surface area contributed by atoms with Crippen molar-refractivity contribution in [1.82, 2.24) is 9.88 Å². The Labute approximate surface area is 160 Å². The molecule has 3 heterocycles. The van der Waals surface area contributed by atoms with E-state index < -0.39 is 0 Å². The average molecular weight is 367 g/mol. The van der Waals surface area contributed by atoms with Gasteiger partial charge in [0.05, 0.1) is 0 Å². The third kappa shape index (κ3) is 3.31. The standard InChI is InChI=1S/C22H26FN3O/c1-15-7-8-19(24-13-15)21(27)25-10-9-20-16(14-25)12-22(2,3)26(20)18-6-4-5-17(23)11-18/h4-8,11,13,16,20H,9-10,12,14H2,1-3H3/t16-,20+/m1/s1. The van der Waals surface area contributed by atoms with E-state index >= 15 is 0 Å². The van der Waals surface area contributed by atoms with Gasteiger partial charge in [-0.3, -0.25) is 9.78 Å². The summed E-state index contributed by atoms with van der Waals surface area (Å²) in [6.07, 6.45) is 3.62. The number of fused-ring (bicyclic) bond motifs is 1. The van der Waals surface area contributed by atoms with Crippen molar-refractivity contribution in [3.05, 3.63) is 59.7 Å². The number of halogens is 1. The summed E-state index contributed by atoms with van der Waals surface area (Å²) in [7, 11) is 0. The van der Waals surface area contributed by atoms with Crippen LogP contribution < -0.4 is 4.90 Å². The van der Waals surface area contributed by atoms with Gasteiger partial charge in [-0.1, -0.05) is 12.1 Å². The number of amides is 1. The maximum atomic E-state index is 13.8. The normalized spacial score (nSPS) is 24.0. The lowest BCUT2D eigenvalue weighted by molar-refractivity contribution is 0.0661. The van der Waals surface area contributed by atoms with Crippen LogP contribution >= 0.6 is 0 Å². The molecule has 2 aliphatic rings. The zero-order valence-corrected chi connectivity index (χ0v) is 16.2. The molecule has 4 nitrogen and oxygen atoms in total. The highest BCUT2D eigenvalue weighted by molar-refractivity contribution is 5.92. The molecule has 142 valence electrons. The zero-order chi connectivity index (χ0) is 19.2. The fourth-order valence-corrected chi connectivity index (χ4v) is 4.86. The van der Waals surface area contributed by atoms with Crippen LogP contribution in [0, 0.1) is 18.7 Å². The molecular weight excluding hydrogens is 341 g/mol. The Morgan fingerprint density at radius 2 is 2.07 bits per heavy atom. The van der Waals surface area contributed by atoms with E-state index in [-0.39, 0.29) is 17.3 Å². The fraction of sp³-hybridized carbons (Fsp3) is 0.455. The number of anilines is 1. The summed E-state index contributed by atoms with van der Waals surface area (Å²) in [6.45, 7) is 7.83. The van der Waals surface area contributed by atoms with Gasteiger partial charge in [0.25, 0.3) is 5.91 Å². The molecule has 2 saturated heterocycles. The van der Waals surface area contributed by atoms with E-state index in [1.807, 2.05) is 24.0 Å². The van der Waals surface area contributed by atoms with Crippen molar-refractivity contribution in [2.75, 3.05) is 18.0 Å². The van der Waals surface area contributed by atoms with Crippen LogP contribution in [0.4, 0.5) is 10.1 Å². The monoisotopic (exact) mass is 367 g/mol. The van der Waals surface area contributed by atoms with E-state index in [1.54, 1.807) is 24.4 Å². The largest absolute Gasteiger partial charge is 0.363 e. The molecule has 0 aliphatic carbocycles. The summed E-state index contributed by atoms with van der Waals surface area (Å²) in [4.78, 5) is 21.5. The number of carbonyl (C=O) groups excluding carboxylic acids is 1. The third-order valence-corrected chi connectivity index (χ3v) is 5.94. The molecule has 0 saturated carbocycles. The lowest BCUT2D eigenvalue weighted by Gasteiger charge is -2.41. The van der Waals surface area contributed by atoms with Gasteiger partial charge >= 0.3 is 0 Å². The molecule has 1 aromatic heterocycles. The van der Waals surface area contributed by atoms with Crippen molar-refractivity contribution < 1.29 is 9.18 Å². The minimum Gasteiger partial charge on any atom is -0.363 e. The van der Waals surface area contributed by atoms with Gasteiger partial charge in [0.15, 0.2) is 0 Å². The second-order valence-corrected chi connectivity index (χ2v) is 8.45. The number of rotatable bonds is 2. The molecule has 0 N–H and O–H groups in total. The maximum Gasteiger partial charge on any atom is 0.272 e. The number of aryl methyl sites for hydroxylation is 1. The molecule has 1 amide bonds. The van der Waals surface area contributed by atoms with Crippen molar-refractivity contribution in [2.45, 2.75) is 45.2 Å². The van der Waals surface area contributed by atoms with E-state index in [9.17, 15) is 9.18 Å². The van der Waals surface area contributed by atoms with Gasteiger partial charge in [-0.15, -0.1) is 0 Å². The molecule has 0 radical (unpaired) electrons. The van der Waals surface area contributed by atoms with Crippen LogP contribution in [0.5, 0.6) is 0 Å². The summed E-state index contributed by atoms with van der Waals surface area (Å²) >= 11 is 0. The van der Waals surface area contributed by atoms with Gasteiger partial charge in [0.2, 0.25) is 0 Å². The first-order valence-electron chi connectivity index (χ1n) is 9.62. The summed E-state index contributed by atoms with van der Waals surface area (Å²) in [5, 5.41) is 0. The first kappa shape index (κ1) is 18.0. The van der Waals surface area contributed by atoms with Crippen molar-refractivity contribution in [2.24, 2.45) is 5.92 Å². The van der Waals surface area contributed by atoms with E-state index in [4.69, 9.17) is 0 Å². The molecule has 1 aromatic carbocycles. The number of hydrogen-bond donors (Lipinski definition) is 0. The lowest BCUT2D eigenvalue weighted by atomic mass is 9.89. The summed E-state index contributed by atoms with van der Waals surface area (Å²) < 4.78 is 13.8. The predicted octanol–water partition coefficient (Wildman–Crippen LogP) is 4.05.